The molecule has 2 aliphatic rings. The molecule has 0 bridgehead atoms. The maximum Gasteiger partial charge on any atom is 0.146 e. The number of aliphatic hydroxyl groups is 1. The van der Waals surface area contributed by atoms with Crippen molar-refractivity contribution in [3.8, 4) is 0 Å². The van der Waals surface area contributed by atoms with Crippen LogP contribution in [0.4, 0.5) is 5.82 Å². The highest BCUT2D eigenvalue weighted by atomic mass is 16.5. The summed E-state index contributed by atoms with van der Waals surface area (Å²) in [6.45, 7) is 9.47. The van der Waals surface area contributed by atoms with E-state index in [-0.39, 0.29) is 11.5 Å². The Bertz CT molecular complexity index is 743. The van der Waals surface area contributed by atoms with Gasteiger partial charge in [0.1, 0.15) is 17.3 Å². The van der Waals surface area contributed by atoms with Crippen LogP contribution in [0, 0.1) is 0 Å². The summed E-state index contributed by atoms with van der Waals surface area (Å²) in [5.74, 6) is 1.81. The van der Waals surface area contributed by atoms with E-state index in [1.165, 1.54) is 0 Å². The van der Waals surface area contributed by atoms with E-state index in [0.29, 0.717) is 12.6 Å². The fraction of sp³-hybridized carbons (Fsp3) is 0.667. The lowest BCUT2D eigenvalue weighted by Crippen LogP contribution is -2.25. The maximum atomic E-state index is 9.93. The number of hydrogen-bond donors (Lipinski definition) is 1. The molecule has 2 saturated heterocycles. The van der Waals surface area contributed by atoms with Crippen molar-refractivity contribution >= 4 is 16.9 Å². The second kappa shape index (κ2) is 5.70. The van der Waals surface area contributed by atoms with Crippen LogP contribution in [0.5, 0.6) is 0 Å². The molecule has 1 N–H and O–H groups in total. The third kappa shape index (κ3) is 2.67. The number of aromatic nitrogens is 3. The lowest BCUT2D eigenvalue weighted by Gasteiger charge is -2.23. The van der Waals surface area contributed by atoms with Crippen LogP contribution in [-0.4, -0.2) is 52.0 Å². The summed E-state index contributed by atoms with van der Waals surface area (Å²) < 4.78 is 7.81. The molecule has 24 heavy (non-hydrogen) atoms. The zero-order valence-corrected chi connectivity index (χ0v) is 14.7. The average Bonchev–Trinajstić information content (AvgIpc) is 3.24. The molecule has 4 heterocycles. The predicted octanol–water partition coefficient (Wildman–Crippen LogP) is 2.26. The van der Waals surface area contributed by atoms with Crippen LogP contribution in [0.2, 0.25) is 0 Å². The molecule has 0 aromatic carbocycles. The Kier molecular flexibility index (Phi) is 3.77. The Balaban J connectivity index is 1.87. The Morgan fingerprint density at radius 1 is 1.25 bits per heavy atom. The van der Waals surface area contributed by atoms with Gasteiger partial charge in [0.2, 0.25) is 0 Å². The third-order valence-corrected chi connectivity index (χ3v) is 4.98. The lowest BCUT2D eigenvalue weighted by atomic mass is 9.95. The van der Waals surface area contributed by atoms with Crippen molar-refractivity contribution in [2.45, 2.75) is 51.2 Å². The minimum absolute atomic E-state index is 0.122. The van der Waals surface area contributed by atoms with Gasteiger partial charge in [-0.3, -0.25) is 0 Å². The quantitative estimate of drug-likeness (QED) is 0.915. The predicted molar refractivity (Wildman–Crippen MR) is 93.5 cm³/mol. The molecule has 2 unspecified atom stereocenters. The van der Waals surface area contributed by atoms with E-state index in [0.717, 1.165) is 55.3 Å². The maximum absolute atomic E-state index is 9.93. The van der Waals surface area contributed by atoms with Gasteiger partial charge in [0, 0.05) is 31.3 Å². The zero-order chi connectivity index (χ0) is 16.9. The van der Waals surface area contributed by atoms with Crippen molar-refractivity contribution in [3.63, 3.8) is 0 Å². The molecule has 6 heteroatoms. The molecule has 130 valence electrons. The van der Waals surface area contributed by atoms with Gasteiger partial charge in [-0.25, -0.2) is 9.97 Å². The van der Waals surface area contributed by atoms with Gasteiger partial charge in [-0.1, -0.05) is 20.8 Å². The molecule has 2 aromatic heterocycles. The molecular formula is C18H26N4O2. The van der Waals surface area contributed by atoms with E-state index in [1.54, 1.807) is 0 Å². The van der Waals surface area contributed by atoms with E-state index in [9.17, 15) is 5.11 Å². The highest BCUT2D eigenvalue weighted by Gasteiger charge is 2.29. The number of fused-ring (bicyclic) bond motifs is 1. The molecule has 2 atom stereocenters. The minimum Gasteiger partial charge on any atom is -0.391 e. The summed E-state index contributed by atoms with van der Waals surface area (Å²) >= 11 is 0. The van der Waals surface area contributed by atoms with Crippen LogP contribution < -0.4 is 4.90 Å². The van der Waals surface area contributed by atoms with Crippen LogP contribution in [0.15, 0.2) is 12.3 Å². The number of rotatable bonds is 2. The van der Waals surface area contributed by atoms with E-state index in [4.69, 9.17) is 14.7 Å². The number of β-amino-alcohol motifs (C(OH)–C–C–N with tert-alkyl or cyclic N) is 1. The fourth-order valence-electron chi connectivity index (χ4n) is 3.56. The summed E-state index contributed by atoms with van der Waals surface area (Å²) in [4.78, 5) is 12.0. The van der Waals surface area contributed by atoms with Crippen molar-refractivity contribution in [2.75, 3.05) is 31.2 Å². The van der Waals surface area contributed by atoms with Gasteiger partial charge in [0.05, 0.1) is 24.1 Å². The Labute approximate surface area is 142 Å². The fourth-order valence-corrected chi connectivity index (χ4v) is 3.56. The highest BCUT2D eigenvalue weighted by molar-refractivity contribution is 5.88. The van der Waals surface area contributed by atoms with Crippen molar-refractivity contribution in [1.82, 2.24) is 14.5 Å². The van der Waals surface area contributed by atoms with Gasteiger partial charge in [-0.2, -0.15) is 0 Å². The molecule has 6 nitrogen and oxygen atoms in total. The summed E-state index contributed by atoms with van der Waals surface area (Å²) in [6, 6.07) is 2.46. The highest BCUT2D eigenvalue weighted by Crippen LogP contribution is 2.33. The van der Waals surface area contributed by atoms with E-state index in [1.807, 2.05) is 0 Å². The summed E-state index contributed by atoms with van der Waals surface area (Å²) in [5.41, 5.74) is 0.865. The first-order valence-corrected chi connectivity index (χ1v) is 8.83. The van der Waals surface area contributed by atoms with E-state index >= 15 is 0 Å². The second-order valence-electron chi connectivity index (χ2n) is 7.99. The average molecular weight is 330 g/mol. The molecule has 2 fully saturated rings. The molecule has 0 spiro atoms. The van der Waals surface area contributed by atoms with Gasteiger partial charge in [-0.15, -0.1) is 0 Å². The van der Waals surface area contributed by atoms with Gasteiger partial charge < -0.3 is 19.3 Å². The third-order valence-electron chi connectivity index (χ3n) is 4.98. The molecule has 2 aliphatic heterocycles. The number of hydrogen-bond acceptors (Lipinski definition) is 5. The van der Waals surface area contributed by atoms with Gasteiger partial charge >= 0.3 is 0 Å². The van der Waals surface area contributed by atoms with Crippen LogP contribution in [0.3, 0.4) is 0 Å². The standard InChI is InChI=1S/C18H26N4O2/c1-18(2,3)17-19-15(21-7-4-13(23)10-21)14-5-8-22(16(14)20-17)12-6-9-24-11-12/h5,8,12-13,23H,4,6-7,9-11H2,1-3H3. The summed E-state index contributed by atoms with van der Waals surface area (Å²) in [6.07, 6.45) is 3.67. The van der Waals surface area contributed by atoms with Crippen molar-refractivity contribution in [1.29, 1.82) is 0 Å². The van der Waals surface area contributed by atoms with Gasteiger partial charge in [0.25, 0.3) is 0 Å². The summed E-state index contributed by atoms with van der Waals surface area (Å²) in [5, 5.41) is 11.0. The monoisotopic (exact) mass is 330 g/mol. The molecule has 4 rings (SSSR count). The Morgan fingerprint density at radius 2 is 2.08 bits per heavy atom. The normalized spacial score (nSPS) is 25.1. The molecule has 0 saturated carbocycles. The number of aliphatic hydroxyl groups excluding tert-OH is 1. The van der Waals surface area contributed by atoms with Crippen molar-refractivity contribution in [3.05, 3.63) is 18.1 Å². The molecule has 0 radical (unpaired) electrons. The van der Waals surface area contributed by atoms with Crippen LogP contribution in [0.25, 0.3) is 11.0 Å². The SMILES string of the molecule is CC(C)(C)c1nc(N2CCC(O)C2)c2ccn(C3CCOC3)c2n1. The van der Waals surface area contributed by atoms with Crippen LogP contribution in [-0.2, 0) is 10.2 Å². The molecule has 0 aliphatic carbocycles. The lowest BCUT2D eigenvalue weighted by molar-refractivity contribution is 0.187. The molecular weight excluding hydrogens is 304 g/mol. The van der Waals surface area contributed by atoms with Crippen molar-refractivity contribution in [2.24, 2.45) is 0 Å². The first-order chi connectivity index (χ1) is 11.4. The second-order valence-corrected chi connectivity index (χ2v) is 7.99. The number of ether oxygens (including phenoxy) is 1. The first kappa shape index (κ1) is 15.8. The Morgan fingerprint density at radius 3 is 2.71 bits per heavy atom. The molecule has 2 aromatic rings. The van der Waals surface area contributed by atoms with Crippen LogP contribution >= 0.6 is 0 Å². The number of nitrogens with zero attached hydrogens (tertiary/aromatic N) is 4. The number of anilines is 1. The zero-order valence-electron chi connectivity index (χ0n) is 14.7. The van der Waals surface area contributed by atoms with Gasteiger partial charge in [0.15, 0.2) is 0 Å². The molecule has 0 amide bonds. The van der Waals surface area contributed by atoms with E-state index in [2.05, 4.69) is 42.5 Å². The van der Waals surface area contributed by atoms with Crippen molar-refractivity contribution < 1.29 is 9.84 Å². The smallest absolute Gasteiger partial charge is 0.146 e. The Hall–Kier alpha value is -1.66. The topological polar surface area (TPSA) is 63.4 Å². The first-order valence-electron chi connectivity index (χ1n) is 8.83. The van der Waals surface area contributed by atoms with Crippen LogP contribution in [0.1, 0.15) is 45.5 Å². The largest absolute Gasteiger partial charge is 0.391 e. The van der Waals surface area contributed by atoms with E-state index < -0.39 is 0 Å². The summed E-state index contributed by atoms with van der Waals surface area (Å²) in [7, 11) is 0. The van der Waals surface area contributed by atoms with Gasteiger partial charge in [-0.05, 0) is 18.9 Å². The minimum atomic E-state index is -0.265.